The SMILES string of the molecule is Cc1cc(C(=O)CSc2nc3ccccc3[nH]2)c(C)n1C(C)(C)C. The Morgan fingerprint density at radius 2 is 1.96 bits per heavy atom. The standard InChI is InChI=1S/C19H23N3OS/c1-12-10-14(13(2)22(12)19(3,4)5)17(23)11-24-18-20-15-8-6-7-9-16(15)21-18/h6-10H,11H2,1-5H3,(H,20,21). The lowest BCUT2D eigenvalue weighted by Gasteiger charge is -2.25. The molecule has 0 fully saturated rings. The van der Waals surface area contributed by atoms with Gasteiger partial charge in [0.1, 0.15) is 0 Å². The van der Waals surface area contributed by atoms with Crippen molar-refractivity contribution in [3.8, 4) is 0 Å². The Morgan fingerprint density at radius 3 is 2.58 bits per heavy atom. The van der Waals surface area contributed by atoms with Crippen molar-refractivity contribution in [2.45, 2.75) is 45.3 Å². The minimum Gasteiger partial charge on any atom is -0.343 e. The highest BCUT2D eigenvalue weighted by Gasteiger charge is 2.22. The molecule has 4 nitrogen and oxygen atoms in total. The summed E-state index contributed by atoms with van der Waals surface area (Å²) in [5.74, 6) is 0.526. The molecule has 126 valence electrons. The van der Waals surface area contributed by atoms with Gasteiger partial charge in [-0.2, -0.15) is 0 Å². The van der Waals surface area contributed by atoms with E-state index in [2.05, 4.69) is 42.2 Å². The molecule has 0 saturated carbocycles. The van der Waals surface area contributed by atoms with E-state index in [0.29, 0.717) is 5.75 Å². The van der Waals surface area contributed by atoms with Gasteiger partial charge in [0.15, 0.2) is 10.9 Å². The summed E-state index contributed by atoms with van der Waals surface area (Å²) in [5, 5.41) is 0.786. The molecule has 0 amide bonds. The number of carbonyl (C=O) groups is 1. The van der Waals surface area contributed by atoms with Crippen LogP contribution in [0, 0.1) is 13.8 Å². The summed E-state index contributed by atoms with van der Waals surface area (Å²) in [7, 11) is 0. The van der Waals surface area contributed by atoms with Crippen LogP contribution in [0.1, 0.15) is 42.5 Å². The summed E-state index contributed by atoms with van der Waals surface area (Å²) in [6, 6.07) is 9.90. The molecule has 0 bridgehead atoms. The second kappa shape index (κ2) is 6.13. The molecule has 3 aromatic rings. The van der Waals surface area contributed by atoms with Crippen LogP contribution < -0.4 is 0 Å². The molecule has 0 unspecified atom stereocenters. The normalized spacial score (nSPS) is 12.0. The van der Waals surface area contributed by atoms with E-state index in [1.54, 1.807) is 0 Å². The number of hydrogen-bond donors (Lipinski definition) is 1. The first-order valence-electron chi connectivity index (χ1n) is 8.07. The zero-order valence-corrected chi connectivity index (χ0v) is 15.6. The topological polar surface area (TPSA) is 50.7 Å². The molecular weight excluding hydrogens is 318 g/mol. The van der Waals surface area contributed by atoms with Crippen molar-refractivity contribution < 1.29 is 4.79 Å². The molecule has 5 heteroatoms. The van der Waals surface area contributed by atoms with Crippen molar-refractivity contribution in [2.75, 3.05) is 5.75 Å². The quantitative estimate of drug-likeness (QED) is 0.552. The van der Waals surface area contributed by atoms with Crippen molar-refractivity contribution in [2.24, 2.45) is 0 Å². The molecule has 1 N–H and O–H groups in total. The van der Waals surface area contributed by atoms with Crippen molar-refractivity contribution in [1.29, 1.82) is 0 Å². The van der Waals surface area contributed by atoms with E-state index in [4.69, 9.17) is 0 Å². The zero-order chi connectivity index (χ0) is 17.5. The summed E-state index contributed by atoms with van der Waals surface area (Å²) in [4.78, 5) is 20.4. The number of fused-ring (bicyclic) bond motifs is 1. The number of aryl methyl sites for hydroxylation is 1. The fraction of sp³-hybridized carbons (Fsp3) is 0.368. The van der Waals surface area contributed by atoms with Gasteiger partial charge in [0.2, 0.25) is 0 Å². The van der Waals surface area contributed by atoms with Crippen LogP contribution in [0.3, 0.4) is 0 Å². The van der Waals surface area contributed by atoms with Gasteiger partial charge in [0.05, 0.1) is 16.8 Å². The van der Waals surface area contributed by atoms with Gasteiger partial charge in [-0.15, -0.1) is 0 Å². The number of thioether (sulfide) groups is 1. The van der Waals surface area contributed by atoms with Crippen molar-refractivity contribution in [3.05, 3.63) is 47.3 Å². The number of Topliss-reactive ketones (excluding diaryl/α,β-unsaturated/α-hetero) is 1. The van der Waals surface area contributed by atoms with Gasteiger partial charge in [0.25, 0.3) is 0 Å². The highest BCUT2D eigenvalue weighted by Crippen LogP contribution is 2.26. The van der Waals surface area contributed by atoms with Gasteiger partial charge >= 0.3 is 0 Å². The van der Waals surface area contributed by atoms with Gasteiger partial charge in [0, 0.05) is 22.5 Å². The lowest BCUT2D eigenvalue weighted by Crippen LogP contribution is -2.24. The maximum Gasteiger partial charge on any atom is 0.175 e. The molecule has 0 atom stereocenters. The number of nitrogens with one attached hydrogen (secondary N) is 1. The number of aromatic nitrogens is 3. The van der Waals surface area contributed by atoms with Crippen LogP contribution in [-0.2, 0) is 5.54 Å². The lowest BCUT2D eigenvalue weighted by molar-refractivity contribution is 0.102. The van der Waals surface area contributed by atoms with Crippen molar-refractivity contribution in [1.82, 2.24) is 14.5 Å². The smallest absolute Gasteiger partial charge is 0.175 e. The first-order chi connectivity index (χ1) is 11.3. The second-order valence-corrected chi connectivity index (χ2v) is 8.03. The Hall–Kier alpha value is -2.01. The van der Waals surface area contributed by atoms with Crippen LogP contribution in [0.5, 0.6) is 0 Å². The molecule has 0 radical (unpaired) electrons. The van der Waals surface area contributed by atoms with Gasteiger partial charge in [-0.25, -0.2) is 4.98 Å². The monoisotopic (exact) mass is 341 g/mol. The first kappa shape index (κ1) is 16.8. The third-order valence-corrected chi connectivity index (χ3v) is 4.98. The first-order valence-corrected chi connectivity index (χ1v) is 9.06. The molecule has 0 spiro atoms. The number of aromatic amines is 1. The zero-order valence-electron chi connectivity index (χ0n) is 14.8. The number of H-pyrrole nitrogens is 1. The Labute approximate surface area is 146 Å². The molecule has 24 heavy (non-hydrogen) atoms. The number of ketones is 1. The van der Waals surface area contributed by atoms with E-state index in [-0.39, 0.29) is 11.3 Å². The minimum atomic E-state index is -0.0292. The van der Waals surface area contributed by atoms with Crippen LogP contribution >= 0.6 is 11.8 Å². The lowest BCUT2D eigenvalue weighted by atomic mass is 10.1. The fourth-order valence-electron chi connectivity index (χ4n) is 3.29. The molecule has 2 heterocycles. The number of imidazole rings is 1. The molecule has 2 aromatic heterocycles. The molecule has 1 aromatic carbocycles. The average Bonchev–Trinajstić information content (AvgIpc) is 3.04. The summed E-state index contributed by atoms with van der Waals surface area (Å²) in [5.41, 5.74) is 4.87. The van der Waals surface area contributed by atoms with Crippen LogP contribution in [-0.4, -0.2) is 26.1 Å². The van der Waals surface area contributed by atoms with E-state index in [1.807, 2.05) is 37.3 Å². The average molecular weight is 341 g/mol. The number of carbonyl (C=O) groups excluding carboxylic acids is 1. The Balaban J connectivity index is 1.78. The maximum absolute atomic E-state index is 12.7. The molecule has 0 aliphatic rings. The van der Waals surface area contributed by atoms with Crippen LogP contribution in [0.25, 0.3) is 11.0 Å². The largest absolute Gasteiger partial charge is 0.343 e. The predicted molar refractivity (Wildman–Crippen MR) is 100 cm³/mol. The van der Waals surface area contributed by atoms with Gasteiger partial charge in [-0.1, -0.05) is 23.9 Å². The van der Waals surface area contributed by atoms with Gasteiger partial charge < -0.3 is 9.55 Å². The summed E-state index contributed by atoms with van der Waals surface area (Å²) >= 11 is 1.45. The third-order valence-electron chi connectivity index (χ3n) is 4.11. The highest BCUT2D eigenvalue weighted by atomic mass is 32.2. The predicted octanol–water partition coefficient (Wildman–Crippen LogP) is 4.71. The molecule has 0 aliphatic heterocycles. The highest BCUT2D eigenvalue weighted by molar-refractivity contribution is 7.99. The van der Waals surface area contributed by atoms with E-state index in [9.17, 15) is 4.79 Å². The van der Waals surface area contributed by atoms with E-state index < -0.39 is 0 Å². The number of hydrogen-bond acceptors (Lipinski definition) is 3. The Bertz CT molecular complexity index is 866. The van der Waals surface area contributed by atoms with Crippen molar-refractivity contribution in [3.63, 3.8) is 0 Å². The Morgan fingerprint density at radius 1 is 1.25 bits per heavy atom. The van der Waals surface area contributed by atoms with Crippen LogP contribution in [0.2, 0.25) is 0 Å². The van der Waals surface area contributed by atoms with E-state index in [0.717, 1.165) is 33.1 Å². The third kappa shape index (κ3) is 3.13. The van der Waals surface area contributed by atoms with Crippen molar-refractivity contribution >= 4 is 28.6 Å². The van der Waals surface area contributed by atoms with E-state index in [1.165, 1.54) is 11.8 Å². The van der Waals surface area contributed by atoms with E-state index >= 15 is 0 Å². The molecule has 0 saturated heterocycles. The molecular formula is C19H23N3OS. The number of rotatable bonds is 4. The Kier molecular flexibility index (Phi) is 4.30. The number of para-hydroxylation sites is 2. The second-order valence-electron chi connectivity index (χ2n) is 7.06. The van der Waals surface area contributed by atoms with Gasteiger partial charge in [-0.3, -0.25) is 4.79 Å². The number of benzene rings is 1. The summed E-state index contributed by atoms with van der Waals surface area (Å²) in [6.45, 7) is 10.6. The minimum absolute atomic E-state index is 0.0292. The summed E-state index contributed by atoms with van der Waals surface area (Å²) < 4.78 is 2.23. The molecule has 0 aliphatic carbocycles. The fourth-order valence-corrected chi connectivity index (χ4v) is 4.06. The number of nitrogens with zero attached hydrogens (tertiary/aromatic N) is 2. The van der Waals surface area contributed by atoms with Gasteiger partial charge in [-0.05, 0) is 52.8 Å². The van der Waals surface area contributed by atoms with Crippen LogP contribution in [0.15, 0.2) is 35.5 Å². The molecule has 3 rings (SSSR count). The van der Waals surface area contributed by atoms with Crippen LogP contribution in [0.4, 0.5) is 0 Å². The summed E-state index contributed by atoms with van der Waals surface area (Å²) in [6.07, 6.45) is 0. The maximum atomic E-state index is 12.7.